The van der Waals surface area contributed by atoms with Gasteiger partial charge in [-0.25, -0.2) is 0 Å². The Balaban J connectivity index is 0.00000631. The molecule has 4 nitrogen and oxygen atoms in total. The topological polar surface area (TPSA) is 32.8 Å². The van der Waals surface area contributed by atoms with Gasteiger partial charge in [0.25, 0.3) is 0 Å². The fraction of sp³-hybridized carbons (Fsp3) is 0.727. The predicted octanol–water partition coefficient (Wildman–Crippen LogP) is 8.57. The third-order valence-corrected chi connectivity index (χ3v) is 6.63. The Morgan fingerprint density at radius 3 is 2.30 bits per heavy atom. The predicted molar refractivity (Wildman–Crippen MR) is 163 cm³/mol. The summed E-state index contributed by atoms with van der Waals surface area (Å²) < 4.78 is 5.49. The second-order valence-electron chi connectivity index (χ2n) is 11.2. The van der Waals surface area contributed by atoms with E-state index >= 15 is 0 Å². The third kappa shape index (κ3) is 15.9. The lowest BCUT2D eigenvalue weighted by Gasteiger charge is -2.37. The Kier molecular flexibility index (Phi) is 19.2. The summed E-state index contributed by atoms with van der Waals surface area (Å²) in [6.45, 7) is 25.7. The van der Waals surface area contributed by atoms with Crippen LogP contribution >= 0.6 is 0 Å². The van der Waals surface area contributed by atoms with Crippen LogP contribution < -0.4 is 0 Å². The first-order chi connectivity index (χ1) is 17.6. The van der Waals surface area contributed by atoms with Crippen molar-refractivity contribution in [1.82, 2.24) is 9.80 Å². The Morgan fingerprint density at radius 2 is 1.73 bits per heavy atom. The summed E-state index contributed by atoms with van der Waals surface area (Å²) in [7, 11) is 0. The van der Waals surface area contributed by atoms with Crippen molar-refractivity contribution in [3.05, 3.63) is 47.8 Å². The molecule has 0 aromatic carbocycles. The highest BCUT2D eigenvalue weighted by atomic mass is 16.5. The van der Waals surface area contributed by atoms with Crippen LogP contribution in [0.3, 0.4) is 0 Å². The van der Waals surface area contributed by atoms with Gasteiger partial charge in [0.2, 0.25) is 5.91 Å². The first kappa shape index (κ1) is 35.2. The van der Waals surface area contributed by atoms with Gasteiger partial charge in [-0.15, -0.1) is 0 Å². The molecule has 1 aliphatic heterocycles. The zero-order valence-corrected chi connectivity index (χ0v) is 26.1. The van der Waals surface area contributed by atoms with Crippen LogP contribution in [0, 0.1) is 11.3 Å². The van der Waals surface area contributed by atoms with Gasteiger partial charge in [-0.1, -0.05) is 91.2 Å². The van der Waals surface area contributed by atoms with E-state index in [0.717, 1.165) is 58.2 Å². The molecule has 0 fully saturated rings. The van der Waals surface area contributed by atoms with Crippen molar-refractivity contribution < 1.29 is 9.53 Å². The van der Waals surface area contributed by atoms with Gasteiger partial charge in [-0.3, -0.25) is 9.69 Å². The number of carbonyl (C=O) groups excluding carboxylic acids is 1. The molecular weight excluding hydrogens is 456 g/mol. The van der Waals surface area contributed by atoms with E-state index in [-0.39, 0.29) is 11.3 Å². The summed E-state index contributed by atoms with van der Waals surface area (Å²) in [6, 6.07) is 0.297. The minimum atomic E-state index is 0.0876. The second kappa shape index (κ2) is 20.2. The van der Waals surface area contributed by atoms with Crippen LogP contribution in [0.25, 0.3) is 0 Å². The molecule has 0 aromatic heterocycles. The number of hydrogen-bond donors (Lipinski definition) is 0. The van der Waals surface area contributed by atoms with Crippen molar-refractivity contribution in [2.45, 2.75) is 114 Å². The molecule has 0 saturated heterocycles. The van der Waals surface area contributed by atoms with E-state index in [1.54, 1.807) is 6.26 Å². The highest BCUT2D eigenvalue weighted by Gasteiger charge is 2.27. The Labute approximate surface area is 230 Å². The molecule has 0 saturated carbocycles. The van der Waals surface area contributed by atoms with E-state index < -0.39 is 0 Å². The summed E-state index contributed by atoms with van der Waals surface area (Å²) in [6.07, 6.45) is 19.0. The number of ether oxygens (including phenoxy) is 1. The minimum Gasteiger partial charge on any atom is -0.501 e. The van der Waals surface area contributed by atoms with Crippen LogP contribution in [0.1, 0.15) is 108 Å². The van der Waals surface area contributed by atoms with Gasteiger partial charge in [-0.2, -0.15) is 0 Å². The van der Waals surface area contributed by atoms with Crippen LogP contribution in [0.5, 0.6) is 0 Å². The molecule has 214 valence electrons. The van der Waals surface area contributed by atoms with E-state index in [9.17, 15) is 4.79 Å². The van der Waals surface area contributed by atoms with Crippen LogP contribution in [0.4, 0.5) is 0 Å². The molecule has 4 heteroatoms. The summed E-state index contributed by atoms with van der Waals surface area (Å²) in [4.78, 5) is 18.1. The van der Waals surface area contributed by atoms with Crippen molar-refractivity contribution in [3.8, 4) is 0 Å². The van der Waals surface area contributed by atoms with E-state index in [4.69, 9.17) is 4.74 Å². The number of allylic oxidation sites excluding steroid dienone is 5. The number of amides is 1. The molecule has 2 atom stereocenters. The van der Waals surface area contributed by atoms with Crippen molar-refractivity contribution in [2.24, 2.45) is 11.3 Å². The smallest absolute Gasteiger partial charge is 0.236 e. The molecule has 0 aliphatic carbocycles. The molecule has 37 heavy (non-hydrogen) atoms. The van der Waals surface area contributed by atoms with Crippen molar-refractivity contribution >= 4 is 5.91 Å². The van der Waals surface area contributed by atoms with Gasteiger partial charge in [-0.05, 0) is 69.4 Å². The number of hydrogen-bond acceptors (Lipinski definition) is 3. The largest absolute Gasteiger partial charge is 0.501 e. The van der Waals surface area contributed by atoms with E-state index in [1.807, 2.05) is 19.9 Å². The first-order valence-corrected chi connectivity index (χ1v) is 14.9. The lowest BCUT2D eigenvalue weighted by Crippen LogP contribution is -2.47. The summed E-state index contributed by atoms with van der Waals surface area (Å²) in [5.41, 5.74) is 2.72. The highest BCUT2D eigenvalue weighted by molar-refractivity contribution is 5.78. The molecule has 1 heterocycles. The molecular formula is C33H60N2O2. The normalized spacial score (nSPS) is 18.4. The van der Waals surface area contributed by atoms with E-state index in [1.165, 1.54) is 11.1 Å². The van der Waals surface area contributed by atoms with Crippen molar-refractivity contribution in [1.29, 1.82) is 0 Å². The number of nitrogens with zero attached hydrogens (tertiary/aromatic N) is 2. The summed E-state index contributed by atoms with van der Waals surface area (Å²) in [5, 5.41) is 0. The van der Waals surface area contributed by atoms with Gasteiger partial charge < -0.3 is 9.64 Å². The molecule has 0 aromatic rings. The molecule has 1 amide bonds. The quantitative estimate of drug-likeness (QED) is 0.204. The SMILES string of the molecule is CC.CCCCN(CCCC)C(=O)CN(C[C@@H](C)C1=C/C=C/OCC\C=C\1)[C@H](C)CC(C)(C)C=C(C)C. The van der Waals surface area contributed by atoms with Gasteiger partial charge >= 0.3 is 0 Å². The average Bonchev–Trinajstić information content (AvgIpc) is 2.98. The van der Waals surface area contributed by atoms with Gasteiger partial charge in [0, 0.05) is 25.7 Å². The van der Waals surface area contributed by atoms with E-state index in [2.05, 4.69) is 89.5 Å². The van der Waals surface area contributed by atoms with Crippen molar-refractivity contribution in [3.63, 3.8) is 0 Å². The Bertz CT molecular complexity index is 721. The molecule has 1 aliphatic rings. The maximum Gasteiger partial charge on any atom is 0.236 e. The molecule has 0 bridgehead atoms. The Hall–Kier alpha value is -1.81. The zero-order valence-electron chi connectivity index (χ0n) is 26.1. The highest BCUT2D eigenvalue weighted by Crippen LogP contribution is 2.29. The van der Waals surface area contributed by atoms with Gasteiger partial charge in [0.05, 0.1) is 19.4 Å². The number of unbranched alkanes of at least 4 members (excludes halogenated alkanes) is 2. The van der Waals surface area contributed by atoms with Crippen LogP contribution in [-0.4, -0.2) is 54.5 Å². The lowest BCUT2D eigenvalue weighted by molar-refractivity contribution is -0.133. The standard InChI is InChI=1S/C31H54N2O2.C2H6/c1-9-11-18-32(19-12-10-2)30(34)25-33(28(6)23-31(7,8)22-26(3)4)24-27(5)29-16-13-14-20-35-21-15-17-29;1-2/h13,15-17,21-22,27-28H,9-12,14,18-20,23-25H2,1-8H3;1-2H3/b16-13+,21-15+,29-17+;/t27-,28-;/m1./s1. The Morgan fingerprint density at radius 1 is 1.11 bits per heavy atom. The van der Waals surface area contributed by atoms with Crippen LogP contribution in [-0.2, 0) is 9.53 Å². The molecule has 0 N–H and O–H groups in total. The lowest BCUT2D eigenvalue weighted by atomic mass is 9.84. The monoisotopic (exact) mass is 516 g/mol. The first-order valence-electron chi connectivity index (χ1n) is 14.9. The molecule has 0 unspecified atom stereocenters. The maximum atomic E-state index is 13.5. The van der Waals surface area contributed by atoms with Gasteiger partial charge in [0.15, 0.2) is 0 Å². The van der Waals surface area contributed by atoms with Crippen molar-refractivity contribution in [2.75, 3.05) is 32.8 Å². The second-order valence-corrected chi connectivity index (χ2v) is 11.2. The maximum absolute atomic E-state index is 13.5. The van der Waals surface area contributed by atoms with Gasteiger partial charge in [0.1, 0.15) is 0 Å². The average molecular weight is 517 g/mol. The zero-order chi connectivity index (χ0) is 28.3. The molecule has 0 radical (unpaired) electrons. The molecule has 1 rings (SSSR count). The summed E-state index contributed by atoms with van der Waals surface area (Å²) in [5.74, 6) is 0.591. The number of carbonyl (C=O) groups is 1. The number of rotatable bonds is 15. The summed E-state index contributed by atoms with van der Waals surface area (Å²) >= 11 is 0. The van der Waals surface area contributed by atoms with Crippen LogP contribution in [0.15, 0.2) is 47.8 Å². The molecule has 0 spiro atoms. The minimum absolute atomic E-state index is 0.0876. The fourth-order valence-electron chi connectivity index (χ4n) is 4.93. The van der Waals surface area contributed by atoms with E-state index in [0.29, 0.717) is 25.1 Å². The van der Waals surface area contributed by atoms with Crippen LogP contribution in [0.2, 0.25) is 0 Å². The third-order valence-electron chi connectivity index (χ3n) is 6.63. The fourth-order valence-corrected chi connectivity index (χ4v) is 4.93.